The summed E-state index contributed by atoms with van der Waals surface area (Å²) in [4.78, 5) is 35.8. The largest absolute Gasteiger partial charge is 0.464 e. The van der Waals surface area contributed by atoms with Crippen molar-refractivity contribution in [3.63, 3.8) is 0 Å². The molecule has 3 rings (SSSR count). The van der Waals surface area contributed by atoms with Crippen molar-refractivity contribution in [2.45, 2.75) is 51.0 Å². The molecule has 0 radical (unpaired) electrons. The van der Waals surface area contributed by atoms with E-state index < -0.39 is 5.54 Å². The predicted molar refractivity (Wildman–Crippen MR) is 92.9 cm³/mol. The lowest BCUT2D eigenvalue weighted by Gasteiger charge is -2.35. The van der Waals surface area contributed by atoms with Gasteiger partial charge in [0.1, 0.15) is 11.4 Å². The summed E-state index contributed by atoms with van der Waals surface area (Å²) in [5.74, 6) is 0.301. The fourth-order valence-corrected chi connectivity index (χ4v) is 3.82. The second-order valence-electron chi connectivity index (χ2n) is 6.85. The van der Waals surface area contributed by atoms with Gasteiger partial charge in [-0.05, 0) is 32.6 Å². The second kappa shape index (κ2) is 7.80. The SMILES string of the molecule is CCOC(=O)C1(NC(=O)C2CCCN(c3cnccn3)C2)CCCC1. The van der Waals surface area contributed by atoms with Crippen LogP contribution in [0.1, 0.15) is 45.4 Å². The number of anilines is 1. The van der Waals surface area contributed by atoms with E-state index in [-0.39, 0.29) is 17.8 Å². The van der Waals surface area contributed by atoms with Gasteiger partial charge in [0.2, 0.25) is 5.91 Å². The van der Waals surface area contributed by atoms with Crippen LogP contribution in [-0.2, 0) is 14.3 Å². The Bertz CT molecular complexity index is 602. The minimum atomic E-state index is -0.831. The maximum absolute atomic E-state index is 12.9. The van der Waals surface area contributed by atoms with Crippen LogP contribution in [0.4, 0.5) is 5.82 Å². The monoisotopic (exact) mass is 346 g/mol. The molecule has 1 aliphatic heterocycles. The lowest BCUT2D eigenvalue weighted by Crippen LogP contribution is -2.56. The highest BCUT2D eigenvalue weighted by molar-refractivity contribution is 5.89. The fourth-order valence-electron chi connectivity index (χ4n) is 3.82. The zero-order valence-corrected chi connectivity index (χ0v) is 14.7. The molecule has 7 nitrogen and oxygen atoms in total. The van der Waals surface area contributed by atoms with Gasteiger partial charge in [0, 0.05) is 25.5 Å². The van der Waals surface area contributed by atoms with Crippen LogP contribution in [0, 0.1) is 5.92 Å². The Morgan fingerprint density at radius 3 is 2.80 bits per heavy atom. The number of hydrogen-bond acceptors (Lipinski definition) is 6. The van der Waals surface area contributed by atoms with E-state index >= 15 is 0 Å². The third kappa shape index (κ3) is 3.91. The first-order chi connectivity index (χ1) is 12.1. The van der Waals surface area contributed by atoms with Crippen molar-refractivity contribution in [2.75, 3.05) is 24.6 Å². The molecule has 1 amide bonds. The molecule has 1 saturated heterocycles. The van der Waals surface area contributed by atoms with Gasteiger partial charge >= 0.3 is 5.97 Å². The zero-order valence-electron chi connectivity index (χ0n) is 14.7. The molecular weight excluding hydrogens is 320 g/mol. The predicted octanol–water partition coefficient (Wildman–Crippen LogP) is 1.69. The number of hydrogen-bond donors (Lipinski definition) is 1. The number of nitrogens with zero attached hydrogens (tertiary/aromatic N) is 3. The van der Waals surface area contributed by atoms with Crippen molar-refractivity contribution in [3.05, 3.63) is 18.6 Å². The van der Waals surface area contributed by atoms with Crippen LogP contribution in [0.25, 0.3) is 0 Å². The van der Waals surface area contributed by atoms with Crippen molar-refractivity contribution in [1.82, 2.24) is 15.3 Å². The Balaban J connectivity index is 1.66. The van der Waals surface area contributed by atoms with Gasteiger partial charge in [0.05, 0.1) is 18.7 Å². The molecule has 2 aliphatic rings. The summed E-state index contributed by atoms with van der Waals surface area (Å²) in [6, 6.07) is 0. The summed E-state index contributed by atoms with van der Waals surface area (Å²) in [6.07, 6.45) is 9.97. The minimum absolute atomic E-state index is 0.0523. The van der Waals surface area contributed by atoms with Gasteiger partial charge in [-0.3, -0.25) is 9.78 Å². The van der Waals surface area contributed by atoms with Gasteiger partial charge in [0.15, 0.2) is 0 Å². The number of ether oxygens (including phenoxy) is 1. The van der Waals surface area contributed by atoms with E-state index in [0.29, 0.717) is 26.0 Å². The van der Waals surface area contributed by atoms with E-state index in [1.807, 2.05) is 0 Å². The molecule has 1 unspecified atom stereocenters. The van der Waals surface area contributed by atoms with Gasteiger partial charge in [-0.15, -0.1) is 0 Å². The molecule has 1 aromatic heterocycles. The van der Waals surface area contributed by atoms with Crippen LogP contribution in [-0.4, -0.2) is 47.1 Å². The number of carbonyl (C=O) groups excluding carboxylic acids is 2. The first kappa shape index (κ1) is 17.6. The number of amides is 1. The zero-order chi connectivity index (χ0) is 17.7. The Morgan fingerprint density at radius 2 is 2.12 bits per heavy atom. The molecule has 7 heteroatoms. The number of esters is 1. The number of nitrogens with one attached hydrogen (secondary N) is 1. The molecule has 25 heavy (non-hydrogen) atoms. The molecule has 2 fully saturated rings. The van der Waals surface area contributed by atoms with Crippen LogP contribution < -0.4 is 10.2 Å². The van der Waals surface area contributed by atoms with Crippen LogP contribution in [0.15, 0.2) is 18.6 Å². The Labute approximate surface area is 148 Å². The first-order valence-electron chi connectivity index (χ1n) is 9.15. The number of piperidine rings is 1. The van der Waals surface area contributed by atoms with Crippen LogP contribution in [0.3, 0.4) is 0 Å². The maximum atomic E-state index is 12.9. The summed E-state index contributed by atoms with van der Waals surface area (Å²) in [7, 11) is 0. The molecule has 1 aromatic rings. The smallest absolute Gasteiger partial charge is 0.331 e. The molecule has 136 valence electrons. The summed E-state index contributed by atoms with van der Waals surface area (Å²) >= 11 is 0. The summed E-state index contributed by atoms with van der Waals surface area (Å²) in [5, 5.41) is 3.04. The van der Waals surface area contributed by atoms with E-state index in [0.717, 1.165) is 38.0 Å². The Hall–Kier alpha value is -2.18. The van der Waals surface area contributed by atoms with Crippen molar-refractivity contribution in [1.29, 1.82) is 0 Å². The third-order valence-corrected chi connectivity index (χ3v) is 5.15. The molecular formula is C18H26N4O3. The summed E-state index contributed by atoms with van der Waals surface area (Å²) in [5.41, 5.74) is -0.831. The number of carbonyl (C=O) groups is 2. The molecule has 2 heterocycles. The quantitative estimate of drug-likeness (QED) is 0.817. The molecule has 1 saturated carbocycles. The lowest BCUT2D eigenvalue weighted by atomic mass is 9.92. The van der Waals surface area contributed by atoms with Crippen LogP contribution >= 0.6 is 0 Å². The summed E-state index contributed by atoms with van der Waals surface area (Å²) < 4.78 is 5.23. The summed E-state index contributed by atoms with van der Waals surface area (Å²) in [6.45, 7) is 3.59. The van der Waals surface area contributed by atoms with E-state index in [9.17, 15) is 9.59 Å². The van der Waals surface area contributed by atoms with Crippen molar-refractivity contribution in [2.24, 2.45) is 5.92 Å². The lowest BCUT2D eigenvalue weighted by molar-refractivity contribution is -0.153. The van der Waals surface area contributed by atoms with E-state index in [1.54, 1.807) is 25.5 Å². The fraction of sp³-hybridized carbons (Fsp3) is 0.667. The average molecular weight is 346 g/mol. The average Bonchev–Trinajstić information content (AvgIpc) is 3.12. The molecule has 0 aromatic carbocycles. The van der Waals surface area contributed by atoms with Gasteiger partial charge in [0.25, 0.3) is 0 Å². The number of aromatic nitrogens is 2. The van der Waals surface area contributed by atoms with E-state index in [1.165, 1.54) is 0 Å². The van der Waals surface area contributed by atoms with Crippen molar-refractivity contribution < 1.29 is 14.3 Å². The normalized spacial score (nSPS) is 22.4. The standard InChI is InChI=1S/C18H26N4O3/c1-2-25-17(24)18(7-3-4-8-18)21-16(23)14-6-5-11-22(13-14)15-12-19-9-10-20-15/h9-10,12,14H,2-8,11,13H2,1H3,(H,21,23). The Morgan fingerprint density at radius 1 is 1.32 bits per heavy atom. The highest BCUT2D eigenvalue weighted by atomic mass is 16.5. The molecule has 1 aliphatic carbocycles. The second-order valence-corrected chi connectivity index (χ2v) is 6.85. The highest BCUT2D eigenvalue weighted by Gasteiger charge is 2.45. The third-order valence-electron chi connectivity index (χ3n) is 5.15. The van der Waals surface area contributed by atoms with Crippen LogP contribution in [0.2, 0.25) is 0 Å². The van der Waals surface area contributed by atoms with Gasteiger partial charge < -0.3 is 15.0 Å². The molecule has 0 spiro atoms. The van der Waals surface area contributed by atoms with Crippen LogP contribution in [0.5, 0.6) is 0 Å². The van der Waals surface area contributed by atoms with Crippen molar-refractivity contribution >= 4 is 17.7 Å². The van der Waals surface area contributed by atoms with E-state index in [4.69, 9.17) is 4.74 Å². The van der Waals surface area contributed by atoms with Gasteiger partial charge in [-0.2, -0.15) is 0 Å². The van der Waals surface area contributed by atoms with Gasteiger partial charge in [-0.1, -0.05) is 12.8 Å². The molecule has 1 N–H and O–H groups in total. The highest BCUT2D eigenvalue weighted by Crippen LogP contribution is 2.32. The topological polar surface area (TPSA) is 84.4 Å². The number of rotatable bonds is 5. The van der Waals surface area contributed by atoms with E-state index in [2.05, 4.69) is 20.2 Å². The first-order valence-corrected chi connectivity index (χ1v) is 9.15. The molecule has 0 bridgehead atoms. The molecule has 1 atom stereocenters. The van der Waals surface area contributed by atoms with Crippen molar-refractivity contribution in [3.8, 4) is 0 Å². The minimum Gasteiger partial charge on any atom is -0.464 e. The maximum Gasteiger partial charge on any atom is 0.331 e. The van der Waals surface area contributed by atoms with Gasteiger partial charge in [-0.25, -0.2) is 9.78 Å². The Kier molecular flexibility index (Phi) is 5.50.